The number of hydrogen-bond acceptors (Lipinski definition) is 4. The Morgan fingerprint density at radius 3 is 2.84 bits per heavy atom. The standard InChI is InChI=1S/C26H47N5/c1-18(12-15-31-17-30(6)24-22(31)23(27)28-16-29-24)10-13-25(4)20(3)11-14-26(5)19(2)8-7-9-21(25)26/h7-8,12,19-24,28-29H,9-11,13-17,27H2,1-6H3/p+1. The molecule has 31 heavy (non-hydrogen) atoms. The summed E-state index contributed by atoms with van der Waals surface area (Å²) in [6, 6.07) is 0.366. The van der Waals surface area contributed by atoms with Crippen LogP contribution < -0.4 is 21.3 Å². The quantitative estimate of drug-likeness (QED) is 0.506. The summed E-state index contributed by atoms with van der Waals surface area (Å²) < 4.78 is 0. The Kier molecular flexibility index (Phi) is 6.73. The molecule has 1 saturated carbocycles. The molecule has 2 aliphatic carbocycles. The van der Waals surface area contributed by atoms with Crippen molar-refractivity contribution >= 4 is 0 Å². The van der Waals surface area contributed by atoms with Gasteiger partial charge in [-0.1, -0.05) is 51.5 Å². The van der Waals surface area contributed by atoms with Gasteiger partial charge in [-0.2, -0.15) is 0 Å². The van der Waals surface area contributed by atoms with Gasteiger partial charge in [0.15, 0.2) is 6.17 Å². The van der Waals surface area contributed by atoms with Gasteiger partial charge in [0.2, 0.25) is 0 Å². The lowest BCUT2D eigenvalue weighted by Crippen LogP contribution is -3.14. The van der Waals surface area contributed by atoms with Gasteiger partial charge in [0, 0.05) is 6.54 Å². The van der Waals surface area contributed by atoms with Crippen molar-refractivity contribution in [3.05, 3.63) is 23.8 Å². The van der Waals surface area contributed by atoms with Crippen molar-refractivity contribution in [3.8, 4) is 0 Å². The van der Waals surface area contributed by atoms with Crippen molar-refractivity contribution < 1.29 is 4.90 Å². The van der Waals surface area contributed by atoms with E-state index in [9.17, 15) is 0 Å². The smallest absolute Gasteiger partial charge is 0.162 e. The number of fused-ring (bicyclic) bond motifs is 2. The highest BCUT2D eigenvalue weighted by atomic mass is 15.5. The van der Waals surface area contributed by atoms with E-state index in [4.69, 9.17) is 5.73 Å². The average Bonchev–Trinajstić information content (AvgIpc) is 3.07. The zero-order valence-corrected chi connectivity index (χ0v) is 20.9. The fourth-order valence-electron chi connectivity index (χ4n) is 7.46. The monoisotopic (exact) mass is 430 g/mol. The molecule has 3 fully saturated rings. The molecule has 176 valence electrons. The minimum Gasteiger partial charge on any atom is -0.314 e. The molecule has 0 aromatic heterocycles. The van der Waals surface area contributed by atoms with Crippen molar-refractivity contribution in [3.63, 3.8) is 0 Å². The third-order valence-corrected chi connectivity index (χ3v) is 10.2. The highest BCUT2D eigenvalue weighted by molar-refractivity contribution is 5.13. The van der Waals surface area contributed by atoms with Gasteiger partial charge in [-0.3, -0.25) is 10.6 Å². The summed E-state index contributed by atoms with van der Waals surface area (Å²) in [5, 5.41) is 6.98. The van der Waals surface area contributed by atoms with Gasteiger partial charge in [-0.05, 0) is 67.6 Å². The Morgan fingerprint density at radius 2 is 2.06 bits per heavy atom. The number of nitrogens with zero attached hydrogens (tertiary/aromatic N) is 1. The Hall–Kier alpha value is -0.720. The van der Waals surface area contributed by atoms with Crippen LogP contribution in [0.25, 0.3) is 0 Å². The van der Waals surface area contributed by atoms with Crippen LogP contribution in [-0.2, 0) is 0 Å². The van der Waals surface area contributed by atoms with E-state index in [1.54, 1.807) is 5.57 Å². The molecule has 2 heterocycles. The predicted molar refractivity (Wildman–Crippen MR) is 129 cm³/mol. The number of rotatable bonds is 5. The molecule has 5 N–H and O–H groups in total. The fraction of sp³-hybridized carbons (Fsp3) is 0.846. The summed E-state index contributed by atoms with van der Waals surface area (Å²) in [4.78, 5) is 4.08. The molecular weight excluding hydrogens is 382 g/mol. The summed E-state index contributed by atoms with van der Waals surface area (Å²) in [6.07, 6.45) is 14.5. The van der Waals surface area contributed by atoms with Gasteiger partial charge in [0.05, 0.1) is 19.9 Å². The van der Waals surface area contributed by atoms with Crippen LogP contribution in [0.15, 0.2) is 23.8 Å². The zero-order valence-electron chi connectivity index (χ0n) is 20.9. The molecule has 2 saturated heterocycles. The maximum atomic E-state index is 6.42. The van der Waals surface area contributed by atoms with Crippen LogP contribution in [0.1, 0.15) is 66.7 Å². The first-order valence-electron chi connectivity index (χ1n) is 12.8. The highest BCUT2D eigenvalue weighted by Gasteiger charge is 2.53. The van der Waals surface area contributed by atoms with Gasteiger partial charge in [0.25, 0.3) is 0 Å². The lowest BCUT2D eigenvalue weighted by atomic mass is 9.46. The van der Waals surface area contributed by atoms with Crippen LogP contribution >= 0.6 is 0 Å². The second kappa shape index (κ2) is 8.90. The molecule has 5 heteroatoms. The molecule has 9 atom stereocenters. The van der Waals surface area contributed by atoms with Crippen LogP contribution in [-0.4, -0.2) is 50.2 Å². The summed E-state index contributed by atoms with van der Waals surface area (Å²) in [5.74, 6) is 2.33. The molecule has 0 amide bonds. The largest absolute Gasteiger partial charge is 0.314 e. The summed E-state index contributed by atoms with van der Waals surface area (Å²) in [5.41, 5.74) is 8.88. The third-order valence-electron chi connectivity index (χ3n) is 10.2. The van der Waals surface area contributed by atoms with E-state index in [1.165, 1.54) is 37.0 Å². The van der Waals surface area contributed by atoms with Crippen molar-refractivity contribution in [1.29, 1.82) is 0 Å². The van der Waals surface area contributed by atoms with E-state index in [0.717, 1.165) is 31.7 Å². The predicted octanol–water partition coefficient (Wildman–Crippen LogP) is 2.29. The van der Waals surface area contributed by atoms with Crippen molar-refractivity contribution in [2.45, 2.75) is 85.1 Å². The number of nitrogens with one attached hydrogen (secondary N) is 3. The van der Waals surface area contributed by atoms with Gasteiger partial charge in [-0.25, -0.2) is 4.90 Å². The van der Waals surface area contributed by atoms with Crippen LogP contribution in [0, 0.1) is 28.6 Å². The van der Waals surface area contributed by atoms with E-state index >= 15 is 0 Å². The van der Waals surface area contributed by atoms with Gasteiger partial charge in [-0.15, -0.1) is 0 Å². The molecule has 0 bridgehead atoms. The lowest BCUT2D eigenvalue weighted by molar-refractivity contribution is -0.900. The minimum atomic E-state index is 0.0541. The molecule has 4 aliphatic rings. The van der Waals surface area contributed by atoms with Crippen LogP contribution in [0.5, 0.6) is 0 Å². The molecule has 2 aliphatic heterocycles. The average molecular weight is 431 g/mol. The van der Waals surface area contributed by atoms with Crippen LogP contribution in [0.2, 0.25) is 0 Å². The van der Waals surface area contributed by atoms with E-state index in [0.29, 0.717) is 29.0 Å². The molecule has 9 unspecified atom stereocenters. The van der Waals surface area contributed by atoms with Crippen LogP contribution in [0.3, 0.4) is 0 Å². The fourth-order valence-corrected chi connectivity index (χ4v) is 7.46. The number of allylic oxidation sites excluding steroid dienone is 3. The van der Waals surface area contributed by atoms with E-state index in [2.05, 4.69) is 75.4 Å². The molecule has 4 rings (SSSR count). The Labute approximate surface area is 190 Å². The van der Waals surface area contributed by atoms with E-state index < -0.39 is 0 Å². The zero-order chi connectivity index (χ0) is 22.4. The van der Waals surface area contributed by atoms with Crippen molar-refractivity contribution in [1.82, 2.24) is 15.5 Å². The normalized spacial score (nSPS) is 48.5. The van der Waals surface area contributed by atoms with Gasteiger partial charge >= 0.3 is 0 Å². The maximum absolute atomic E-state index is 6.42. The van der Waals surface area contributed by atoms with E-state index in [-0.39, 0.29) is 6.17 Å². The van der Waals surface area contributed by atoms with E-state index in [1.807, 2.05) is 0 Å². The van der Waals surface area contributed by atoms with Crippen molar-refractivity contribution in [2.24, 2.45) is 34.3 Å². The molecule has 5 nitrogen and oxygen atoms in total. The molecule has 0 radical (unpaired) electrons. The minimum absolute atomic E-state index is 0.0541. The number of hydrogen-bond donors (Lipinski definition) is 4. The topological polar surface area (TPSA) is 57.8 Å². The Balaban J connectivity index is 1.40. The number of quaternary nitrogens is 1. The first kappa shape index (κ1) is 23.4. The molecule has 0 aromatic rings. The maximum Gasteiger partial charge on any atom is 0.162 e. The number of nitrogens with two attached hydrogens (primary N) is 1. The molecular formula is C26H48N5+. The first-order valence-corrected chi connectivity index (χ1v) is 12.8. The summed E-state index contributed by atoms with van der Waals surface area (Å²) in [7, 11) is 2.28. The Bertz CT molecular complexity index is 704. The summed E-state index contributed by atoms with van der Waals surface area (Å²) in [6.45, 7) is 15.4. The van der Waals surface area contributed by atoms with Crippen LogP contribution in [0.4, 0.5) is 0 Å². The number of likely N-dealkylation sites (N-methyl/N-ethyl adjacent to an activating group) is 1. The molecule has 0 spiro atoms. The third kappa shape index (κ3) is 4.17. The van der Waals surface area contributed by atoms with Gasteiger partial charge < -0.3 is 10.6 Å². The first-order chi connectivity index (χ1) is 14.7. The summed E-state index contributed by atoms with van der Waals surface area (Å²) >= 11 is 0. The lowest BCUT2D eigenvalue weighted by Gasteiger charge is -2.59. The van der Waals surface area contributed by atoms with Crippen molar-refractivity contribution in [2.75, 3.05) is 26.9 Å². The second-order valence-corrected chi connectivity index (χ2v) is 11.9. The molecule has 0 aromatic carbocycles. The SMILES string of the molecule is CC(=CCN1C[NH+](C)C2NCNC(N)C21)CCC1(C)C(C)CCC2(C)C(C)C=CCC21. The second-order valence-electron chi connectivity index (χ2n) is 11.9. The highest BCUT2D eigenvalue weighted by Crippen LogP contribution is 2.61. The van der Waals surface area contributed by atoms with Gasteiger partial charge in [0.1, 0.15) is 12.7 Å². The Morgan fingerprint density at radius 1 is 1.29 bits per heavy atom.